The molecule has 0 heterocycles. The van der Waals surface area contributed by atoms with E-state index in [0.29, 0.717) is 0 Å². The van der Waals surface area contributed by atoms with E-state index in [2.05, 4.69) is 13.2 Å². The fraction of sp³-hybridized carbons (Fsp3) is 0.429. The zero-order valence-corrected chi connectivity index (χ0v) is 8.21. The smallest absolute Gasteiger partial charge is 0.304 e. The summed E-state index contributed by atoms with van der Waals surface area (Å²) in [6.45, 7) is 9.48. The van der Waals surface area contributed by atoms with Gasteiger partial charge in [0.25, 0.3) is 0 Å². The van der Waals surface area contributed by atoms with Crippen LogP contribution in [0.3, 0.4) is 0 Å². The van der Waals surface area contributed by atoms with Crippen molar-refractivity contribution < 1.29 is 8.85 Å². The minimum absolute atomic E-state index is 0.578. The Kier molecular flexibility index (Phi) is 19.5. The maximum absolute atomic E-state index is 4.90. The Hall–Kier alpha value is -0.383. The molecule has 0 atom stereocenters. The van der Waals surface area contributed by atoms with Gasteiger partial charge in [0.15, 0.2) is 0 Å². The first-order valence-electron chi connectivity index (χ1n) is 3.13. The molecule has 3 heteroatoms. The van der Waals surface area contributed by atoms with E-state index in [0.717, 1.165) is 6.61 Å². The highest BCUT2D eigenvalue weighted by Gasteiger charge is 1.74. The van der Waals surface area contributed by atoms with Gasteiger partial charge in [-0.3, -0.25) is 0 Å². The summed E-state index contributed by atoms with van der Waals surface area (Å²) in [4.78, 5) is 0. The standard InChI is InChI=1S/C4H6.C3H10O2Si/c1-3-4-2;1-3-5-6-4-2/h3-4H,1-2H2;3,6H2,1-2H3. The third kappa shape index (κ3) is 25.5. The van der Waals surface area contributed by atoms with E-state index in [1.165, 1.54) is 0 Å². The van der Waals surface area contributed by atoms with Crippen LogP contribution in [-0.2, 0) is 8.85 Å². The molecule has 0 bridgehead atoms. The molecule has 2 nitrogen and oxygen atoms in total. The molecule has 0 spiro atoms. The third-order valence-corrected chi connectivity index (χ3v) is 1.38. The lowest BCUT2D eigenvalue weighted by atomic mass is 10.6. The molecule has 60 valence electrons. The summed E-state index contributed by atoms with van der Waals surface area (Å²) in [5.41, 5.74) is 0. The van der Waals surface area contributed by atoms with Gasteiger partial charge in [0, 0.05) is 13.7 Å². The second-order valence-corrected chi connectivity index (χ2v) is 2.59. The molecule has 0 aliphatic heterocycles. The summed E-state index contributed by atoms with van der Waals surface area (Å²) in [5, 5.41) is 0. The van der Waals surface area contributed by atoms with Gasteiger partial charge in [0.2, 0.25) is 0 Å². The van der Waals surface area contributed by atoms with Crippen LogP contribution in [-0.4, -0.2) is 23.7 Å². The summed E-state index contributed by atoms with van der Waals surface area (Å²) in [5.74, 6) is 0. The second kappa shape index (κ2) is 15.8. The van der Waals surface area contributed by atoms with Gasteiger partial charge in [-0.2, -0.15) is 0 Å². The van der Waals surface area contributed by atoms with Gasteiger partial charge in [-0.25, -0.2) is 0 Å². The topological polar surface area (TPSA) is 18.5 Å². The van der Waals surface area contributed by atoms with E-state index in [1.54, 1.807) is 19.3 Å². The van der Waals surface area contributed by atoms with Crippen molar-refractivity contribution in [2.45, 2.75) is 6.92 Å². The number of hydrogen-bond donors (Lipinski definition) is 0. The molecule has 0 aromatic carbocycles. The van der Waals surface area contributed by atoms with Gasteiger partial charge in [-0.05, 0) is 6.92 Å². The SMILES string of the molecule is C=CC=C.CCO[SiH2]OC. The van der Waals surface area contributed by atoms with Crippen LogP contribution in [0.4, 0.5) is 0 Å². The molecule has 10 heavy (non-hydrogen) atoms. The van der Waals surface area contributed by atoms with Crippen LogP contribution in [0.5, 0.6) is 0 Å². The zero-order chi connectivity index (χ0) is 8.24. The highest BCUT2D eigenvalue weighted by molar-refractivity contribution is 6.17. The quantitative estimate of drug-likeness (QED) is 0.347. The highest BCUT2D eigenvalue weighted by atomic mass is 28.3. The second-order valence-electron chi connectivity index (χ2n) is 1.37. The minimum atomic E-state index is -0.578. The minimum Gasteiger partial charge on any atom is -0.402 e. The van der Waals surface area contributed by atoms with E-state index in [4.69, 9.17) is 8.85 Å². The zero-order valence-electron chi connectivity index (χ0n) is 6.80. The summed E-state index contributed by atoms with van der Waals surface area (Å²) in [6.07, 6.45) is 3.28. The molecule has 0 radical (unpaired) electrons. The maximum Gasteiger partial charge on any atom is 0.304 e. The molecular weight excluding hydrogens is 144 g/mol. The Labute approximate surface area is 65.6 Å². The first-order valence-corrected chi connectivity index (χ1v) is 4.29. The van der Waals surface area contributed by atoms with E-state index in [9.17, 15) is 0 Å². The lowest BCUT2D eigenvalue weighted by Gasteiger charge is -1.92. The van der Waals surface area contributed by atoms with Crippen molar-refractivity contribution in [2.75, 3.05) is 13.7 Å². The van der Waals surface area contributed by atoms with Gasteiger partial charge >= 0.3 is 10.0 Å². The molecule has 0 aromatic heterocycles. The van der Waals surface area contributed by atoms with Crippen molar-refractivity contribution >= 4 is 10.0 Å². The van der Waals surface area contributed by atoms with Crippen LogP contribution in [0.15, 0.2) is 25.3 Å². The van der Waals surface area contributed by atoms with Gasteiger partial charge < -0.3 is 8.85 Å². The van der Waals surface area contributed by atoms with Crippen molar-refractivity contribution in [2.24, 2.45) is 0 Å². The fourth-order valence-corrected chi connectivity index (χ4v) is 0.500. The first kappa shape index (κ1) is 12.3. The molecule has 0 aromatic rings. The van der Waals surface area contributed by atoms with Crippen molar-refractivity contribution in [3.8, 4) is 0 Å². The van der Waals surface area contributed by atoms with Crippen LogP contribution in [0.1, 0.15) is 6.92 Å². The van der Waals surface area contributed by atoms with Crippen LogP contribution in [0, 0.1) is 0 Å². The molecule has 0 rings (SSSR count). The predicted octanol–water partition coefficient (Wildman–Crippen LogP) is 1.03. The van der Waals surface area contributed by atoms with E-state index >= 15 is 0 Å². The molecule has 0 unspecified atom stereocenters. The summed E-state index contributed by atoms with van der Waals surface area (Å²) < 4.78 is 9.60. The monoisotopic (exact) mass is 160 g/mol. The molecule has 0 saturated heterocycles. The molecular formula is C7H16O2Si. The van der Waals surface area contributed by atoms with Crippen LogP contribution in [0.25, 0.3) is 0 Å². The Balaban J connectivity index is 0. The molecule has 0 N–H and O–H groups in total. The molecule has 0 fully saturated rings. The van der Waals surface area contributed by atoms with Crippen molar-refractivity contribution in [3.63, 3.8) is 0 Å². The number of rotatable bonds is 4. The normalized spacial score (nSPS) is 8.60. The highest BCUT2D eigenvalue weighted by Crippen LogP contribution is 1.64. The fourth-order valence-electron chi connectivity index (χ4n) is 0.167. The molecule has 0 amide bonds. The van der Waals surface area contributed by atoms with Gasteiger partial charge in [0.05, 0.1) is 0 Å². The van der Waals surface area contributed by atoms with Crippen molar-refractivity contribution in [1.29, 1.82) is 0 Å². The summed E-state index contributed by atoms with van der Waals surface area (Å²) in [7, 11) is 1.09. The van der Waals surface area contributed by atoms with Gasteiger partial charge in [0.1, 0.15) is 0 Å². The van der Waals surface area contributed by atoms with Crippen LogP contribution in [0.2, 0.25) is 0 Å². The number of allylic oxidation sites excluding steroid dienone is 2. The Bertz CT molecular complexity index is 64.0. The summed E-state index contributed by atoms with van der Waals surface area (Å²) >= 11 is 0. The summed E-state index contributed by atoms with van der Waals surface area (Å²) in [6, 6.07) is 0. The van der Waals surface area contributed by atoms with Crippen LogP contribution < -0.4 is 0 Å². The first-order chi connectivity index (χ1) is 4.83. The van der Waals surface area contributed by atoms with E-state index in [-0.39, 0.29) is 0 Å². The predicted molar refractivity (Wildman–Crippen MR) is 47.6 cm³/mol. The molecule has 0 aliphatic rings. The van der Waals surface area contributed by atoms with E-state index < -0.39 is 10.0 Å². The Morgan fingerprint density at radius 2 is 1.90 bits per heavy atom. The third-order valence-electron chi connectivity index (χ3n) is 0.572. The lowest BCUT2D eigenvalue weighted by molar-refractivity contribution is 0.269. The van der Waals surface area contributed by atoms with Gasteiger partial charge in [-0.15, -0.1) is 0 Å². The maximum atomic E-state index is 4.90. The van der Waals surface area contributed by atoms with Gasteiger partial charge in [-0.1, -0.05) is 25.3 Å². The Morgan fingerprint density at radius 1 is 1.40 bits per heavy atom. The average Bonchev–Trinajstić information content (AvgIpc) is 2.01. The lowest BCUT2D eigenvalue weighted by Crippen LogP contribution is -1.98. The molecule has 0 saturated carbocycles. The Morgan fingerprint density at radius 3 is 2.00 bits per heavy atom. The molecule has 0 aliphatic carbocycles. The van der Waals surface area contributed by atoms with Crippen molar-refractivity contribution in [1.82, 2.24) is 0 Å². The average molecular weight is 160 g/mol. The number of hydrogen-bond acceptors (Lipinski definition) is 2. The van der Waals surface area contributed by atoms with E-state index in [1.807, 2.05) is 6.92 Å². The largest absolute Gasteiger partial charge is 0.402 e. The van der Waals surface area contributed by atoms with Crippen LogP contribution >= 0.6 is 0 Å². The van der Waals surface area contributed by atoms with Crippen molar-refractivity contribution in [3.05, 3.63) is 25.3 Å².